The molecule has 2 fully saturated rings. The highest BCUT2D eigenvalue weighted by atomic mass is 35.5. The molecule has 0 radical (unpaired) electrons. The fourth-order valence-corrected chi connectivity index (χ4v) is 5.38. The second-order valence-corrected chi connectivity index (χ2v) is 8.73. The van der Waals surface area contributed by atoms with E-state index < -0.39 is 0 Å². The number of amides is 2. The minimum atomic E-state index is -0.349. The summed E-state index contributed by atoms with van der Waals surface area (Å²) >= 11 is 6.30. The van der Waals surface area contributed by atoms with Gasteiger partial charge < -0.3 is 16.0 Å². The predicted octanol–water partition coefficient (Wildman–Crippen LogP) is 1.89. The molecule has 156 valence electrons. The summed E-state index contributed by atoms with van der Waals surface area (Å²) in [5.74, 6) is -0.699. The Hall–Kier alpha value is -2.05. The average Bonchev–Trinajstić information content (AvgIpc) is 3.34. The topological polar surface area (TPSA) is 78.7 Å². The lowest BCUT2D eigenvalue weighted by Crippen LogP contribution is -2.47. The molecular weight excluding hydrogens is 388 g/mol. The third-order valence-electron chi connectivity index (χ3n) is 6.61. The van der Waals surface area contributed by atoms with Gasteiger partial charge in [-0.2, -0.15) is 0 Å². The normalized spacial score (nSPS) is 28.7. The van der Waals surface area contributed by atoms with Gasteiger partial charge in [-0.25, -0.2) is 0 Å². The number of fused-ring (bicyclic) bond motifs is 2. The van der Waals surface area contributed by atoms with Crippen LogP contribution >= 0.6 is 11.6 Å². The van der Waals surface area contributed by atoms with Crippen LogP contribution in [-0.2, 0) is 9.59 Å². The van der Waals surface area contributed by atoms with E-state index in [9.17, 15) is 9.59 Å². The molecule has 2 bridgehead atoms. The second kappa shape index (κ2) is 8.76. The molecule has 0 spiro atoms. The molecule has 4 rings (SSSR count). The van der Waals surface area contributed by atoms with Crippen LogP contribution < -0.4 is 16.0 Å². The number of para-hydroxylation sites is 1. The largest absolute Gasteiger partial charge is 0.369 e. The number of piperazine rings is 1. The Kier molecular flexibility index (Phi) is 6.11. The molecule has 2 aliphatic carbocycles. The van der Waals surface area contributed by atoms with Crippen LogP contribution in [0.15, 0.2) is 36.4 Å². The number of allylic oxidation sites excluding steroid dienone is 2. The summed E-state index contributed by atoms with van der Waals surface area (Å²) in [6.07, 6.45) is 5.90. The fourth-order valence-electron chi connectivity index (χ4n) is 5.12. The van der Waals surface area contributed by atoms with E-state index in [-0.39, 0.29) is 35.5 Å². The average molecular weight is 417 g/mol. The van der Waals surface area contributed by atoms with Crippen LogP contribution in [0, 0.1) is 23.7 Å². The smallest absolute Gasteiger partial charge is 0.224 e. The lowest BCUT2D eigenvalue weighted by Gasteiger charge is -2.36. The molecule has 1 saturated carbocycles. The Morgan fingerprint density at radius 3 is 2.45 bits per heavy atom. The van der Waals surface area contributed by atoms with Gasteiger partial charge in [0.05, 0.1) is 22.5 Å². The number of nitrogens with zero attached hydrogens (tertiary/aromatic N) is 2. The van der Waals surface area contributed by atoms with Gasteiger partial charge in [0.1, 0.15) is 0 Å². The van der Waals surface area contributed by atoms with Gasteiger partial charge in [-0.1, -0.05) is 35.9 Å². The van der Waals surface area contributed by atoms with E-state index >= 15 is 0 Å². The van der Waals surface area contributed by atoms with Gasteiger partial charge >= 0.3 is 0 Å². The van der Waals surface area contributed by atoms with Crippen molar-refractivity contribution >= 4 is 29.1 Å². The Morgan fingerprint density at radius 1 is 1.07 bits per heavy atom. The number of hydrogen-bond acceptors (Lipinski definition) is 4. The first kappa shape index (κ1) is 20.2. The zero-order chi connectivity index (χ0) is 20.4. The number of halogens is 1. The molecular formula is C22H29ClN4O2. The highest BCUT2D eigenvalue weighted by Gasteiger charge is 2.50. The van der Waals surface area contributed by atoms with E-state index in [2.05, 4.69) is 27.3 Å². The number of benzene rings is 1. The summed E-state index contributed by atoms with van der Waals surface area (Å²) in [5.41, 5.74) is 6.66. The zero-order valence-corrected chi connectivity index (χ0v) is 17.4. The van der Waals surface area contributed by atoms with Crippen molar-refractivity contribution in [3.05, 3.63) is 41.4 Å². The van der Waals surface area contributed by atoms with Gasteiger partial charge in [-0.05, 0) is 43.4 Å². The molecule has 1 aromatic carbocycles. The summed E-state index contributed by atoms with van der Waals surface area (Å²) in [4.78, 5) is 29.2. The van der Waals surface area contributed by atoms with Crippen LogP contribution in [0.5, 0.6) is 0 Å². The van der Waals surface area contributed by atoms with Crippen LogP contribution in [0.3, 0.4) is 0 Å². The zero-order valence-electron chi connectivity index (χ0n) is 16.6. The Bertz CT molecular complexity index is 791. The van der Waals surface area contributed by atoms with Crippen molar-refractivity contribution in [3.63, 3.8) is 0 Å². The highest BCUT2D eigenvalue weighted by molar-refractivity contribution is 6.33. The maximum absolute atomic E-state index is 12.6. The monoisotopic (exact) mass is 416 g/mol. The van der Waals surface area contributed by atoms with E-state index in [1.807, 2.05) is 24.3 Å². The summed E-state index contributed by atoms with van der Waals surface area (Å²) in [5, 5.41) is 3.84. The van der Waals surface area contributed by atoms with Crippen molar-refractivity contribution in [1.29, 1.82) is 0 Å². The molecule has 3 N–H and O–H groups in total. The first-order chi connectivity index (χ1) is 14.0. The Morgan fingerprint density at radius 2 is 1.76 bits per heavy atom. The van der Waals surface area contributed by atoms with Crippen molar-refractivity contribution in [2.45, 2.75) is 12.8 Å². The van der Waals surface area contributed by atoms with Crippen LogP contribution in [0.4, 0.5) is 5.69 Å². The van der Waals surface area contributed by atoms with Crippen LogP contribution in [0.25, 0.3) is 0 Å². The van der Waals surface area contributed by atoms with Crippen molar-refractivity contribution < 1.29 is 9.59 Å². The Balaban J connectivity index is 1.18. The van der Waals surface area contributed by atoms with Gasteiger partial charge in [0.2, 0.25) is 11.8 Å². The first-order valence-corrected chi connectivity index (χ1v) is 10.9. The van der Waals surface area contributed by atoms with E-state index in [1.165, 1.54) is 0 Å². The highest BCUT2D eigenvalue weighted by Crippen LogP contribution is 2.47. The number of nitrogens with two attached hydrogens (primary N) is 1. The maximum Gasteiger partial charge on any atom is 0.224 e. The molecule has 1 aliphatic heterocycles. The molecule has 3 aliphatic rings. The molecule has 0 aromatic heterocycles. The minimum Gasteiger partial charge on any atom is -0.369 e. The fraction of sp³-hybridized carbons (Fsp3) is 0.545. The van der Waals surface area contributed by atoms with E-state index in [0.717, 1.165) is 56.3 Å². The summed E-state index contributed by atoms with van der Waals surface area (Å²) in [6.45, 7) is 5.46. The van der Waals surface area contributed by atoms with Gasteiger partial charge in [-0.15, -0.1) is 0 Å². The molecule has 6 nitrogen and oxygen atoms in total. The van der Waals surface area contributed by atoms with Crippen molar-refractivity contribution in [1.82, 2.24) is 10.2 Å². The van der Waals surface area contributed by atoms with Crippen LogP contribution in [0.2, 0.25) is 5.02 Å². The number of nitrogens with one attached hydrogen (secondary N) is 1. The third kappa shape index (κ3) is 4.28. The molecule has 29 heavy (non-hydrogen) atoms. The minimum absolute atomic E-state index is 0.0193. The first-order valence-electron chi connectivity index (χ1n) is 10.5. The van der Waals surface area contributed by atoms with E-state index in [0.29, 0.717) is 6.54 Å². The van der Waals surface area contributed by atoms with Crippen LogP contribution in [0.1, 0.15) is 12.8 Å². The predicted molar refractivity (Wildman–Crippen MR) is 115 cm³/mol. The number of primary amides is 1. The second-order valence-electron chi connectivity index (χ2n) is 8.33. The summed E-state index contributed by atoms with van der Waals surface area (Å²) in [7, 11) is 0. The lowest BCUT2D eigenvalue weighted by atomic mass is 9.82. The SMILES string of the molecule is NC(=O)C1C2C=CC(C2)C1C(=O)NCCCN1CCN(c2ccccc2Cl)CC1. The van der Waals surface area contributed by atoms with E-state index in [1.54, 1.807) is 0 Å². The van der Waals surface area contributed by atoms with Gasteiger partial charge in [0.25, 0.3) is 0 Å². The maximum atomic E-state index is 12.6. The summed E-state index contributed by atoms with van der Waals surface area (Å²) in [6, 6.07) is 7.97. The van der Waals surface area contributed by atoms with Crippen molar-refractivity contribution in [2.24, 2.45) is 29.4 Å². The molecule has 4 atom stereocenters. The number of carbonyl (C=O) groups excluding carboxylic acids is 2. The van der Waals surface area contributed by atoms with E-state index in [4.69, 9.17) is 17.3 Å². The number of hydrogen-bond donors (Lipinski definition) is 2. The summed E-state index contributed by atoms with van der Waals surface area (Å²) < 4.78 is 0. The number of carbonyl (C=O) groups is 2. The number of anilines is 1. The molecule has 1 heterocycles. The molecule has 2 amide bonds. The third-order valence-corrected chi connectivity index (χ3v) is 6.93. The quantitative estimate of drug-likeness (QED) is 0.525. The lowest BCUT2D eigenvalue weighted by molar-refractivity contribution is -0.133. The molecule has 1 saturated heterocycles. The van der Waals surface area contributed by atoms with Crippen molar-refractivity contribution in [2.75, 3.05) is 44.2 Å². The number of rotatable bonds is 7. The molecule has 4 unspecified atom stereocenters. The van der Waals surface area contributed by atoms with Gasteiger partial charge in [-0.3, -0.25) is 14.5 Å². The molecule has 7 heteroatoms. The van der Waals surface area contributed by atoms with Crippen LogP contribution in [-0.4, -0.2) is 56.0 Å². The standard InChI is InChI=1S/C22H29ClN4O2/c23-17-4-1-2-5-18(17)27-12-10-26(11-13-27)9-3-8-25-22(29)20-16-7-6-15(14-16)19(20)21(24)28/h1-2,4-7,15-16,19-20H,3,8-14H2,(H2,24,28)(H,25,29). The Labute approximate surface area is 177 Å². The van der Waals surface area contributed by atoms with Crippen molar-refractivity contribution in [3.8, 4) is 0 Å². The molecule has 1 aromatic rings. The van der Waals surface area contributed by atoms with Gasteiger partial charge in [0, 0.05) is 32.7 Å². The van der Waals surface area contributed by atoms with Gasteiger partial charge in [0.15, 0.2) is 0 Å².